The molecule has 1 amide bonds. The van der Waals surface area contributed by atoms with Crippen LogP contribution in [0, 0.1) is 0 Å². The van der Waals surface area contributed by atoms with Crippen LogP contribution >= 0.6 is 11.6 Å². The molecule has 0 fully saturated rings. The molecule has 0 radical (unpaired) electrons. The number of nitrogens with one attached hydrogen (secondary N) is 1. The molecule has 0 heterocycles. The van der Waals surface area contributed by atoms with Gasteiger partial charge < -0.3 is 15.8 Å². The van der Waals surface area contributed by atoms with Crippen molar-refractivity contribution in [3.63, 3.8) is 0 Å². The SMILES string of the molecule is COCC(C)NC(=O)c1c(N)cccc1Cl. The number of hydrogen-bond acceptors (Lipinski definition) is 3. The predicted molar refractivity (Wildman–Crippen MR) is 64.7 cm³/mol. The van der Waals surface area contributed by atoms with E-state index in [2.05, 4.69) is 5.32 Å². The van der Waals surface area contributed by atoms with Crippen LogP contribution in [0.3, 0.4) is 0 Å². The highest BCUT2D eigenvalue weighted by atomic mass is 35.5. The third-order valence-corrected chi connectivity index (χ3v) is 2.38. The average Bonchev–Trinajstić information content (AvgIpc) is 2.17. The van der Waals surface area contributed by atoms with Crippen molar-refractivity contribution in [2.45, 2.75) is 13.0 Å². The van der Waals surface area contributed by atoms with Gasteiger partial charge in [0.05, 0.1) is 17.2 Å². The second-order valence-electron chi connectivity index (χ2n) is 3.53. The molecule has 1 rings (SSSR count). The van der Waals surface area contributed by atoms with Crippen LogP contribution in [-0.4, -0.2) is 25.7 Å². The first-order valence-electron chi connectivity index (χ1n) is 4.90. The summed E-state index contributed by atoms with van der Waals surface area (Å²) in [6, 6.07) is 4.89. The summed E-state index contributed by atoms with van der Waals surface area (Å²) >= 11 is 5.91. The minimum absolute atomic E-state index is 0.0897. The summed E-state index contributed by atoms with van der Waals surface area (Å²) in [5, 5.41) is 3.10. The van der Waals surface area contributed by atoms with Gasteiger partial charge in [-0.2, -0.15) is 0 Å². The van der Waals surface area contributed by atoms with Crippen molar-refractivity contribution >= 4 is 23.2 Å². The summed E-state index contributed by atoms with van der Waals surface area (Å²) < 4.78 is 4.92. The van der Waals surface area contributed by atoms with Crippen LogP contribution in [0.5, 0.6) is 0 Å². The van der Waals surface area contributed by atoms with Gasteiger partial charge in [-0.15, -0.1) is 0 Å². The lowest BCUT2D eigenvalue weighted by Crippen LogP contribution is -2.36. The van der Waals surface area contributed by atoms with Crippen LogP contribution in [0.2, 0.25) is 5.02 Å². The van der Waals surface area contributed by atoms with Crippen LogP contribution < -0.4 is 11.1 Å². The smallest absolute Gasteiger partial charge is 0.255 e. The van der Waals surface area contributed by atoms with Gasteiger partial charge in [0.1, 0.15) is 0 Å². The Hall–Kier alpha value is -1.26. The lowest BCUT2D eigenvalue weighted by Gasteiger charge is -2.14. The number of rotatable bonds is 4. The van der Waals surface area contributed by atoms with Gasteiger partial charge in [-0.1, -0.05) is 17.7 Å². The molecular weight excluding hydrogens is 228 g/mol. The highest BCUT2D eigenvalue weighted by Crippen LogP contribution is 2.21. The Labute approximate surface area is 99.7 Å². The number of amides is 1. The Morgan fingerprint density at radius 2 is 2.31 bits per heavy atom. The number of ether oxygens (including phenoxy) is 1. The van der Waals surface area contributed by atoms with Crippen molar-refractivity contribution in [3.8, 4) is 0 Å². The molecule has 0 aromatic heterocycles. The molecular formula is C11H15ClN2O2. The van der Waals surface area contributed by atoms with Crippen molar-refractivity contribution < 1.29 is 9.53 Å². The zero-order valence-electron chi connectivity index (χ0n) is 9.29. The largest absolute Gasteiger partial charge is 0.398 e. The zero-order valence-corrected chi connectivity index (χ0v) is 10.0. The van der Waals surface area contributed by atoms with E-state index in [1.165, 1.54) is 0 Å². The molecule has 4 nitrogen and oxygen atoms in total. The molecule has 1 aromatic rings. The molecule has 1 atom stereocenters. The summed E-state index contributed by atoms with van der Waals surface area (Å²) in [7, 11) is 1.58. The number of hydrogen-bond donors (Lipinski definition) is 2. The van der Waals surface area contributed by atoms with E-state index in [0.717, 1.165) is 0 Å². The number of benzene rings is 1. The van der Waals surface area contributed by atoms with Crippen molar-refractivity contribution in [1.82, 2.24) is 5.32 Å². The summed E-state index contributed by atoms with van der Waals surface area (Å²) in [5.74, 6) is -0.285. The Balaban J connectivity index is 2.80. The Morgan fingerprint density at radius 3 is 2.88 bits per heavy atom. The van der Waals surface area contributed by atoms with Crippen molar-refractivity contribution in [2.75, 3.05) is 19.5 Å². The minimum atomic E-state index is -0.285. The predicted octanol–water partition coefficient (Wildman–Crippen LogP) is 1.69. The summed E-state index contributed by atoms with van der Waals surface area (Å²) in [4.78, 5) is 11.8. The third kappa shape index (κ3) is 3.12. The molecule has 16 heavy (non-hydrogen) atoms. The third-order valence-electron chi connectivity index (χ3n) is 2.07. The second-order valence-corrected chi connectivity index (χ2v) is 3.94. The number of anilines is 1. The summed E-state index contributed by atoms with van der Waals surface area (Å²) in [5.41, 5.74) is 6.38. The molecule has 0 aliphatic rings. The monoisotopic (exact) mass is 242 g/mol. The number of halogens is 1. The molecule has 5 heteroatoms. The topological polar surface area (TPSA) is 64.3 Å². The molecule has 3 N–H and O–H groups in total. The first-order chi connectivity index (χ1) is 7.56. The van der Waals surface area contributed by atoms with E-state index in [1.807, 2.05) is 6.92 Å². The molecule has 1 unspecified atom stereocenters. The molecule has 0 spiro atoms. The molecule has 0 bridgehead atoms. The molecule has 0 aliphatic heterocycles. The maximum Gasteiger partial charge on any atom is 0.255 e. The first kappa shape index (κ1) is 12.8. The fourth-order valence-corrected chi connectivity index (χ4v) is 1.64. The minimum Gasteiger partial charge on any atom is -0.398 e. The molecule has 0 saturated carbocycles. The number of carbonyl (C=O) groups excluding carboxylic acids is 1. The normalized spacial score (nSPS) is 12.2. The van der Waals surface area contributed by atoms with E-state index in [1.54, 1.807) is 25.3 Å². The molecule has 0 saturated heterocycles. The van der Waals surface area contributed by atoms with Crippen LogP contribution in [0.25, 0.3) is 0 Å². The maximum atomic E-state index is 11.8. The van der Waals surface area contributed by atoms with Crippen LogP contribution in [0.4, 0.5) is 5.69 Å². The van der Waals surface area contributed by atoms with Gasteiger partial charge in [0.2, 0.25) is 0 Å². The van der Waals surface area contributed by atoms with Crippen molar-refractivity contribution in [1.29, 1.82) is 0 Å². The van der Waals surface area contributed by atoms with Crippen molar-refractivity contribution in [2.24, 2.45) is 0 Å². The van der Waals surface area contributed by atoms with E-state index < -0.39 is 0 Å². The van der Waals surface area contributed by atoms with E-state index in [-0.39, 0.29) is 11.9 Å². The Kier molecular flexibility index (Phi) is 4.58. The highest BCUT2D eigenvalue weighted by molar-refractivity contribution is 6.34. The molecule has 0 aliphatic carbocycles. The van der Waals surface area contributed by atoms with Gasteiger partial charge in [0.15, 0.2) is 0 Å². The van der Waals surface area contributed by atoms with Gasteiger partial charge >= 0.3 is 0 Å². The van der Waals surface area contributed by atoms with Crippen LogP contribution in [0.1, 0.15) is 17.3 Å². The number of nitrogen functional groups attached to an aromatic ring is 1. The van der Waals surface area contributed by atoms with Crippen LogP contribution in [0.15, 0.2) is 18.2 Å². The first-order valence-corrected chi connectivity index (χ1v) is 5.27. The van der Waals surface area contributed by atoms with E-state index >= 15 is 0 Å². The summed E-state index contributed by atoms with van der Waals surface area (Å²) in [6.45, 7) is 2.28. The standard InChI is InChI=1S/C11H15ClN2O2/c1-7(6-16-2)14-11(15)10-8(12)4-3-5-9(10)13/h3-5,7H,6,13H2,1-2H3,(H,14,15). The van der Waals surface area contributed by atoms with E-state index in [9.17, 15) is 4.79 Å². The number of nitrogens with two attached hydrogens (primary N) is 1. The fourth-order valence-electron chi connectivity index (χ4n) is 1.37. The quantitative estimate of drug-likeness (QED) is 0.790. The fraction of sp³-hybridized carbons (Fsp3) is 0.364. The van der Waals surface area contributed by atoms with Gasteiger partial charge in [0, 0.05) is 18.8 Å². The number of methoxy groups -OCH3 is 1. The average molecular weight is 243 g/mol. The van der Waals surface area contributed by atoms with Gasteiger partial charge in [-0.25, -0.2) is 0 Å². The number of carbonyl (C=O) groups is 1. The van der Waals surface area contributed by atoms with Gasteiger partial charge in [-0.3, -0.25) is 4.79 Å². The van der Waals surface area contributed by atoms with Gasteiger partial charge in [0.25, 0.3) is 5.91 Å². The maximum absolute atomic E-state index is 11.8. The second kappa shape index (κ2) is 5.72. The van der Waals surface area contributed by atoms with Crippen LogP contribution in [-0.2, 0) is 4.74 Å². The molecule has 1 aromatic carbocycles. The lowest BCUT2D eigenvalue weighted by atomic mass is 10.1. The highest BCUT2D eigenvalue weighted by Gasteiger charge is 2.15. The lowest BCUT2D eigenvalue weighted by molar-refractivity contribution is 0.0906. The zero-order chi connectivity index (χ0) is 12.1. The molecule has 88 valence electrons. The summed E-state index contributed by atoms with van der Waals surface area (Å²) in [6.07, 6.45) is 0. The Morgan fingerprint density at radius 1 is 1.62 bits per heavy atom. The van der Waals surface area contributed by atoms with Crippen molar-refractivity contribution in [3.05, 3.63) is 28.8 Å². The van der Waals surface area contributed by atoms with Gasteiger partial charge in [-0.05, 0) is 19.1 Å². The Bertz CT molecular complexity index is 362. The van der Waals surface area contributed by atoms with E-state index in [4.69, 9.17) is 22.1 Å². The van der Waals surface area contributed by atoms with E-state index in [0.29, 0.717) is 22.9 Å².